The third-order valence-electron chi connectivity index (χ3n) is 5.65. The summed E-state index contributed by atoms with van der Waals surface area (Å²) in [5.41, 5.74) is 1.41. The molecule has 0 bridgehead atoms. The molecule has 1 fully saturated rings. The van der Waals surface area contributed by atoms with E-state index in [0.717, 1.165) is 43.5 Å². The van der Waals surface area contributed by atoms with Crippen LogP contribution in [0.5, 0.6) is 0 Å². The molecule has 7 nitrogen and oxygen atoms in total. The lowest BCUT2D eigenvalue weighted by Gasteiger charge is -2.31. The van der Waals surface area contributed by atoms with Gasteiger partial charge in [0.2, 0.25) is 5.91 Å². The molecule has 0 spiro atoms. The van der Waals surface area contributed by atoms with Gasteiger partial charge in [0.15, 0.2) is 5.96 Å². The van der Waals surface area contributed by atoms with Crippen LogP contribution in [-0.4, -0.2) is 60.8 Å². The topological polar surface area (TPSA) is 74.5 Å². The van der Waals surface area contributed by atoms with Crippen molar-refractivity contribution >= 4 is 11.9 Å². The molecule has 1 amide bonds. The van der Waals surface area contributed by atoms with E-state index in [0.29, 0.717) is 19.0 Å². The number of amides is 1. The Morgan fingerprint density at radius 1 is 1.20 bits per heavy atom. The van der Waals surface area contributed by atoms with Gasteiger partial charge in [0.05, 0.1) is 16.8 Å². The van der Waals surface area contributed by atoms with Crippen molar-refractivity contribution in [3.8, 4) is 5.69 Å². The molecule has 0 saturated heterocycles. The average molecular weight is 415 g/mol. The second-order valence-electron chi connectivity index (χ2n) is 8.02. The van der Waals surface area contributed by atoms with E-state index in [9.17, 15) is 9.18 Å². The zero-order chi connectivity index (χ0) is 21.6. The normalized spacial score (nSPS) is 15.8. The van der Waals surface area contributed by atoms with E-state index >= 15 is 0 Å². The molecule has 0 unspecified atom stereocenters. The highest BCUT2D eigenvalue weighted by Crippen LogP contribution is 2.38. The first-order chi connectivity index (χ1) is 14.4. The Bertz CT molecular complexity index is 868. The van der Waals surface area contributed by atoms with Crippen LogP contribution in [0.3, 0.4) is 0 Å². The molecule has 0 radical (unpaired) electrons. The lowest BCUT2D eigenvalue weighted by molar-refractivity contribution is -0.138. The molecule has 1 aromatic carbocycles. The fourth-order valence-electron chi connectivity index (χ4n) is 4.01. The second-order valence-corrected chi connectivity index (χ2v) is 8.02. The summed E-state index contributed by atoms with van der Waals surface area (Å²) in [5, 5.41) is 11.2. The van der Waals surface area contributed by atoms with Crippen LogP contribution in [0.2, 0.25) is 0 Å². The van der Waals surface area contributed by atoms with Crippen LogP contribution in [-0.2, 0) is 11.2 Å². The molecular weight excluding hydrogens is 383 g/mol. The van der Waals surface area contributed by atoms with Crippen molar-refractivity contribution in [2.45, 2.75) is 32.1 Å². The van der Waals surface area contributed by atoms with E-state index in [-0.39, 0.29) is 17.1 Å². The quantitative estimate of drug-likeness (QED) is 0.539. The Morgan fingerprint density at radius 2 is 1.90 bits per heavy atom. The predicted octanol–water partition coefficient (Wildman–Crippen LogP) is 2.37. The number of aromatic nitrogens is 2. The molecule has 2 N–H and O–H groups in total. The van der Waals surface area contributed by atoms with Gasteiger partial charge in [-0.15, -0.1) is 0 Å². The van der Waals surface area contributed by atoms with Gasteiger partial charge < -0.3 is 15.5 Å². The van der Waals surface area contributed by atoms with Crippen LogP contribution in [0.1, 0.15) is 31.4 Å². The lowest BCUT2D eigenvalue weighted by Crippen LogP contribution is -2.49. The molecule has 1 heterocycles. The number of carbonyl (C=O) groups excluding carboxylic acids is 1. The fourth-order valence-corrected chi connectivity index (χ4v) is 4.01. The summed E-state index contributed by atoms with van der Waals surface area (Å²) in [6.07, 6.45) is 6.58. The molecule has 3 rings (SSSR count). The van der Waals surface area contributed by atoms with Crippen LogP contribution in [0.15, 0.2) is 41.5 Å². The summed E-state index contributed by atoms with van der Waals surface area (Å²) >= 11 is 0. The fraction of sp³-hybridized carbons (Fsp3) is 0.500. The highest BCUT2D eigenvalue weighted by molar-refractivity contribution is 5.85. The molecular formula is C22H31FN6O. The predicted molar refractivity (Wildman–Crippen MR) is 116 cm³/mol. The maximum Gasteiger partial charge on any atom is 0.230 e. The zero-order valence-corrected chi connectivity index (χ0v) is 18.0. The van der Waals surface area contributed by atoms with Crippen molar-refractivity contribution in [3.63, 3.8) is 0 Å². The molecule has 0 atom stereocenters. The first-order valence-electron chi connectivity index (χ1n) is 10.4. The van der Waals surface area contributed by atoms with Gasteiger partial charge in [-0.3, -0.25) is 9.79 Å². The molecule has 30 heavy (non-hydrogen) atoms. The van der Waals surface area contributed by atoms with Crippen molar-refractivity contribution in [2.24, 2.45) is 10.4 Å². The van der Waals surface area contributed by atoms with Crippen molar-refractivity contribution < 1.29 is 9.18 Å². The third-order valence-corrected chi connectivity index (χ3v) is 5.65. The molecule has 162 valence electrons. The number of nitrogens with zero attached hydrogens (tertiary/aromatic N) is 4. The van der Waals surface area contributed by atoms with Gasteiger partial charge in [0, 0.05) is 46.9 Å². The Morgan fingerprint density at radius 3 is 2.53 bits per heavy atom. The maximum atomic E-state index is 13.1. The SMILES string of the molecule is CN=C(NCCc1ccn(-c2ccc(F)cc2)n1)NCC1(C(=O)N(C)C)CCCC1. The van der Waals surface area contributed by atoms with Gasteiger partial charge in [0.25, 0.3) is 0 Å². The highest BCUT2D eigenvalue weighted by Gasteiger charge is 2.42. The van der Waals surface area contributed by atoms with Crippen molar-refractivity contribution in [2.75, 3.05) is 34.2 Å². The largest absolute Gasteiger partial charge is 0.356 e. The van der Waals surface area contributed by atoms with Gasteiger partial charge in [-0.1, -0.05) is 12.8 Å². The maximum absolute atomic E-state index is 13.1. The molecule has 1 aliphatic carbocycles. The number of rotatable bonds is 7. The number of benzene rings is 1. The smallest absolute Gasteiger partial charge is 0.230 e. The first kappa shape index (κ1) is 21.8. The van der Waals surface area contributed by atoms with Crippen molar-refractivity contribution in [1.29, 1.82) is 0 Å². The number of hydrogen-bond donors (Lipinski definition) is 2. The van der Waals surface area contributed by atoms with Gasteiger partial charge in [0.1, 0.15) is 5.82 Å². The Labute approximate surface area is 177 Å². The van der Waals surface area contributed by atoms with E-state index in [4.69, 9.17) is 0 Å². The standard InChI is InChI=1S/C22H31FN6O/c1-24-21(26-16-22(12-4-5-13-22)20(30)28(2)3)25-14-10-18-11-15-29(27-18)19-8-6-17(23)7-9-19/h6-9,11,15H,4-5,10,12-14,16H2,1-3H3,(H2,24,25,26). The van der Waals surface area contributed by atoms with Crippen molar-refractivity contribution in [3.05, 3.63) is 48.0 Å². The van der Waals surface area contributed by atoms with Crippen LogP contribution >= 0.6 is 0 Å². The Kier molecular flexibility index (Phi) is 7.07. The Balaban J connectivity index is 1.50. The van der Waals surface area contributed by atoms with E-state index in [1.807, 2.05) is 26.4 Å². The van der Waals surface area contributed by atoms with E-state index in [1.165, 1.54) is 12.1 Å². The summed E-state index contributed by atoms with van der Waals surface area (Å²) in [6.45, 7) is 1.25. The highest BCUT2D eigenvalue weighted by atomic mass is 19.1. The van der Waals surface area contributed by atoms with Crippen LogP contribution in [0.25, 0.3) is 5.69 Å². The van der Waals surface area contributed by atoms with Gasteiger partial charge in [-0.2, -0.15) is 5.10 Å². The van der Waals surface area contributed by atoms with E-state index < -0.39 is 0 Å². The molecule has 8 heteroatoms. The summed E-state index contributed by atoms with van der Waals surface area (Å²) < 4.78 is 14.8. The van der Waals surface area contributed by atoms with Crippen LogP contribution in [0.4, 0.5) is 4.39 Å². The Hall–Kier alpha value is -2.90. The second kappa shape index (κ2) is 9.73. The van der Waals surface area contributed by atoms with Gasteiger partial charge in [-0.25, -0.2) is 9.07 Å². The number of carbonyl (C=O) groups is 1. The number of nitrogens with one attached hydrogen (secondary N) is 2. The van der Waals surface area contributed by atoms with Crippen molar-refractivity contribution in [1.82, 2.24) is 25.3 Å². The number of hydrogen-bond acceptors (Lipinski definition) is 3. The zero-order valence-electron chi connectivity index (χ0n) is 18.0. The van der Waals surface area contributed by atoms with E-state index in [2.05, 4.69) is 20.7 Å². The number of aliphatic imine (C=N–C) groups is 1. The minimum atomic E-state index is -0.338. The van der Waals surface area contributed by atoms with E-state index in [1.54, 1.807) is 28.8 Å². The molecule has 2 aromatic rings. The summed E-state index contributed by atoms with van der Waals surface area (Å²) in [4.78, 5) is 18.7. The number of halogens is 1. The molecule has 1 aliphatic rings. The summed E-state index contributed by atoms with van der Waals surface area (Å²) in [6, 6.07) is 8.19. The molecule has 1 aromatic heterocycles. The minimum absolute atomic E-state index is 0.189. The summed E-state index contributed by atoms with van der Waals surface area (Å²) in [5.74, 6) is 0.612. The lowest BCUT2D eigenvalue weighted by atomic mass is 9.84. The van der Waals surface area contributed by atoms with Crippen LogP contribution in [0, 0.1) is 11.2 Å². The first-order valence-corrected chi connectivity index (χ1v) is 10.4. The summed E-state index contributed by atoms with van der Waals surface area (Å²) in [7, 11) is 5.37. The van der Waals surface area contributed by atoms with Crippen LogP contribution < -0.4 is 10.6 Å². The van der Waals surface area contributed by atoms with Gasteiger partial charge >= 0.3 is 0 Å². The molecule has 1 saturated carbocycles. The average Bonchev–Trinajstić information content (AvgIpc) is 3.41. The molecule has 0 aliphatic heterocycles. The van der Waals surface area contributed by atoms with Gasteiger partial charge in [-0.05, 0) is 43.2 Å². The monoisotopic (exact) mass is 414 g/mol. The third kappa shape index (κ3) is 5.17. The minimum Gasteiger partial charge on any atom is -0.356 e. The number of guanidine groups is 1.